The minimum atomic E-state index is 0.0864. The number of hydrogen-bond acceptors (Lipinski definition) is 5. The van der Waals surface area contributed by atoms with Crippen LogP contribution in [-0.2, 0) is 0 Å². The molecule has 108 valence electrons. The van der Waals surface area contributed by atoms with Gasteiger partial charge in [-0.2, -0.15) is 0 Å². The summed E-state index contributed by atoms with van der Waals surface area (Å²) in [5.74, 6) is 0.838. The van der Waals surface area contributed by atoms with Crippen molar-refractivity contribution in [1.29, 1.82) is 0 Å². The van der Waals surface area contributed by atoms with E-state index in [1.54, 1.807) is 6.20 Å². The number of aryl methyl sites for hydroxylation is 2. The van der Waals surface area contributed by atoms with Gasteiger partial charge in [0.25, 0.3) is 0 Å². The summed E-state index contributed by atoms with van der Waals surface area (Å²) in [7, 11) is 0. The molecule has 0 radical (unpaired) electrons. The van der Waals surface area contributed by atoms with Gasteiger partial charge in [-0.05, 0) is 45.0 Å². The van der Waals surface area contributed by atoms with Crippen LogP contribution < -0.4 is 11.1 Å². The molecule has 3 rings (SSSR count). The minimum absolute atomic E-state index is 0.0864. The summed E-state index contributed by atoms with van der Waals surface area (Å²) in [6.07, 6.45) is 1.75. The molecule has 0 spiro atoms. The zero-order valence-electron chi connectivity index (χ0n) is 12.3. The average molecular weight is 282 g/mol. The first-order valence-electron chi connectivity index (χ1n) is 6.90. The summed E-state index contributed by atoms with van der Waals surface area (Å²) in [5, 5.41) is 8.52. The Bertz CT molecular complexity index is 775. The number of anilines is 2. The summed E-state index contributed by atoms with van der Waals surface area (Å²) in [6.45, 7) is 5.97. The molecule has 0 amide bonds. The van der Waals surface area contributed by atoms with Crippen molar-refractivity contribution in [2.24, 2.45) is 0 Å². The second-order valence-electron chi connectivity index (χ2n) is 5.21. The number of nitrogens with one attached hydrogen (secondary N) is 1. The van der Waals surface area contributed by atoms with Crippen LogP contribution in [0, 0.1) is 13.8 Å². The number of nitrogen functional groups attached to an aromatic ring is 1. The highest BCUT2D eigenvalue weighted by Crippen LogP contribution is 2.31. The topological polar surface area (TPSA) is 77.0 Å². The number of nitrogens with zero attached hydrogens (tertiary/aromatic N) is 2. The molecule has 0 aliphatic rings. The Morgan fingerprint density at radius 3 is 2.76 bits per heavy atom. The summed E-state index contributed by atoms with van der Waals surface area (Å²) < 4.78 is 5.24. The van der Waals surface area contributed by atoms with Crippen LogP contribution in [-0.4, -0.2) is 10.1 Å². The highest BCUT2D eigenvalue weighted by atomic mass is 16.5. The Hall–Kier alpha value is -2.56. The summed E-state index contributed by atoms with van der Waals surface area (Å²) in [4.78, 5) is 4.35. The molecule has 21 heavy (non-hydrogen) atoms. The van der Waals surface area contributed by atoms with Gasteiger partial charge >= 0.3 is 0 Å². The Morgan fingerprint density at radius 1 is 1.24 bits per heavy atom. The normalized spacial score (nSPS) is 12.5. The van der Waals surface area contributed by atoms with Crippen molar-refractivity contribution in [2.75, 3.05) is 11.1 Å². The molecule has 0 aliphatic heterocycles. The quantitative estimate of drug-likeness (QED) is 0.718. The van der Waals surface area contributed by atoms with E-state index in [4.69, 9.17) is 10.3 Å². The number of fused-ring (bicyclic) bond motifs is 1. The molecule has 2 aromatic heterocycles. The smallest absolute Gasteiger partial charge is 0.139 e. The average Bonchev–Trinajstić information content (AvgIpc) is 2.81. The van der Waals surface area contributed by atoms with Gasteiger partial charge in [0.15, 0.2) is 0 Å². The van der Waals surface area contributed by atoms with E-state index in [1.807, 2.05) is 38.1 Å². The SMILES string of the molecule is Cc1noc(C)c1C(C)Nc1ccc(N)c2ncccc12. The third kappa shape index (κ3) is 2.31. The molecular weight excluding hydrogens is 264 g/mol. The molecule has 0 saturated carbocycles. The lowest BCUT2D eigenvalue weighted by molar-refractivity contribution is 0.392. The van der Waals surface area contributed by atoms with Gasteiger partial charge in [-0.3, -0.25) is 4.98 Å². The molecule has 0 aliphatic carbocycles. The van der Waals surface area contributed by atoms with Crippen LogP contribution in [0.4, 0.5) is 11.4 Å². The van der Waals surface area contributed by atoms with Crippen molar-refractivity contribution >= 4 is 22.3 Å². The monoisotopic (exact) mass is 282 g/mol. The number of nitrogens with two attached hydrogens (primary N) is 1. The second kappa shape index (κ2) is 5.09. The largest absolute Gasteiger partial charge is 0.397 e. The van der Waals surface area contributed by atoms with Crippen molar-refractivity contribution < 1.29 is 4.52 Å². The van der Waals surface area contributed by atoms with Gasteiger partial charge in [-0.1, -0.05) is 5.16 Å². The zero-order valence-corrected chi connectivity index (χ0v) is 12.3. The fourth-order valence-corrected chi connectivity index (χ4v) is 2.73. The van der Waals surface area contributed by atoms with E-state index in [9.17, 15) is 0 Å². The Balaban J connectivity index is 2.01. The van der Waals surface area contributed by atoms with Gasteiger partial charge in [0.05, 0.1) is 22.9 Å². The molecule has 5 nitrogen and oxygen atoms in total. The molecule has 0 bridgehead atoms. The Kier molecular flexibility index (Phi) is 3.25. The van der Waals surface area contributed by atoms with E-state index in [2.05, 4.69) is 22.4 Å². The zero-order chi connectivity index (χ0) is 15.0. The minimum Gasteiger partial charge on any atom is -0.397 e. The van der Waals surface area contributed by atoms with E-state index in [0.29, 0.717) is 5.69 Å². The van der Waals surface area contributed by atoms with E-state index >= 15 is 0 Å². The van der Waals surface area contributed by atoms with Crippen LogP contribution >= 0.6 is 0 Å². The van der Waals surface area contributed by atoms with Crippen molar-refractivity contribution in [3.05, 3.63) is 47.5 Å². The number of aromatic nitrogens is 2. The lowest BCUT2D eigenvalue weighted by Gasteiger charge is -2.17. The van der Waals surface area contributed by atoms with E-state index in [-0.39, 0.29) is 6.04 Å². The van der Waals surface area contributed by atoms with Gasteiger partial charge in [0, 0.05) is 22.8 Å². The van der Waals surface area contributed by atoms with Crippen molar-refractivity contribution in [2.45, 2.75) is 26.8 Å². The van der Waals surface area contributed by atoms with Crippen LogP contribution in [0.5, 0.6) is 0 Å². The standard InChI is InChI=1S/C16H18N4O/c1-9(15-10(2)20-21-11(15)3)19-14-7-6-13(17)16-12(14)5-4-8-18-16/h4-9,19H,17H2,1-3H3. The molecule has 1 atom stereocenters. The predicted molar refractivity (Wildman–Crippen MR) is 84.2 cm³/mol. The predicted octanol–water partition coefficient (Wildman–Crippen LogP) is 3.59. The first-order valence-corrected chi connectivity index (χ1v) is 6.90. The molecular formula is C16H18N4O. The molecule has 5 heteroatoms. The number of hydrogen-bond donors (Lipinski definition) is 2. The number of rotatable bonds is 3. The summed E-state index contributed by atoms with van der Waals surface area (Å²) in [6, 6.07) is 7.86. The van der Waals surface area contributed by atoms with Crippen molar-refractivity contribution in [3.8, 4) is 0 Å². The number of benzene rings is 1. The fraction of sp³-hybridized carbons (Fsp3) is 0.250. The van der Waals surface area contributed by atoms with Crippen LogP contribution in [0.15, 0.2) is 35.0 Å². The molecule has 3 aromatic rings. The van der Waals surface area contributed by atoms with Crippen molar-refractivity contribution in [1.82, 2.24) is 10.1 Å². The van der Waals surface area contributed by atoms with E-state index in [0.717, 1.165) is 33.6 Å². The van der Waals surface area contributed by atoms with Crippen LogP contribution in [0.1, 0.15) is 30.0 Å². The third-order valence-corrected chi connectivity index (χ3v) is 3.69. The maximum atomic E-state index is 5.98. The van der Waals surface area contributed by atoms with Gasteiger partial charge < -0.3 is 15.6 Å². The third-order valence-electron chi connectivity index (χ3n) is 3.69. The first-order chi connectivity index (χ1) is 10.1. The van der Waals surface area contributed by atoms with E-state index < -0.39 is 0 Å². The lowest BCUT2D eigenvalue weighted by Crippen LogP contribution is -2.09. The molecule has 2 heterocycles. The fourth-order valence-electron chi connectivity index (χ4n) is 2.73. The summed E-state index contributed by atoms with van der Waals surface area (Å²) in [5.41, 5.74) is 10.5. The van der Waals surface area contributed by atoms with Gasteiger partial charge in [0.1, 0.15) is 5.76 Å². The highest BCUT2D eigenvalue weighted by molar-refractivity contribution is 5.98. The Morgan fingerprint density at radius 2 is 2.05 bits per heavy atom. The van der Waals surface area contributed by atoms with Crippen molar-refractivity contribution in [3.63, 3.8) is 0 Å². The maximum absolute atomic E-state index is 5.98. The van der Waals surface area contributed by atoms with Gasteiger partial charge in [0.2, 0.25) is 0 Å². The van der Waals surface area contributed by atoms with Crippen LogP contribution in [0.3, 0.4) is 0 Å². The molecule has 3 N–H and O–H groups in total. The van der Waals surface area contributed by atoms with E-state index in [1.165, 1.54) is 0 Å². The Labute approximate surface area is 123 Å². The first kappa shape index (κ1) is 13.4. The molecule has 1 unspecified atom stereocenters. The summed E-state index contributed by atoms with van der Waals surface area (Å²) >= 11 is 0. The van der Waals surface area contributed by atoms with Crippen LogP contribution in [0.2, 0.25) is 0 Å². The van der Waals surface area contributed by atoms with Gasteiger partial charge in [-0.25, -0.2) is 0 Å². The van der Waals surface area contributed by atoms with Gasteiger partial charge in [-0.15, -0.1) is 0 Å². The molecule has 0 saturated heterocycles. The molecule has 1 aromatic carbocycles. The lowest BCUT2D eigenvalue weighted by atomic mass is 10.1. The maximum Gasteiger partial charge on any atom is 0.139 e. The second-order valence-corrected chi connectivity index (χ2v) is 5.21. The number of pyridine rings is 1. The van der Waals surface area contributed by atoms with Crippen LogP contribution in [0.25, 0.3) is 10.9 Å². The highest BCUT2D eigenvalue weighted by Gasteiger charge is 2.17. The molecule has 0 fully saturated rings.